The predicted octanol–water partition coefficient (Wildman–Crippen LogP) is 4.76. The number of hydrogen-bond donors (Lipinski definition) is 2. The van der Waals surface area contributed by atoms with E-state index in [1.807, 2.05) is 24.3 Å². The number of rotatable bonds is 5. The van der Waals surface area contributed by atoms with Gasteiger partial charge in [0.05, 0.1) is 6.54 Å². The Bertz CT molecular complexity index is 820. The molecule has 0 radical (unpaired) electrons. The van der Waals surface area contributed by atoms with Gasteiger partial charge >= 0.3 is 6.18 Å². The molecule has 1 aliphatic heterocycles. The van der Waals surface area contributed by atoms with Crippen molar-refractivity contribution in [3.05, 3.63) is 50.9 Å². The number of benzene rings is 1. The average Bonchev–Trinajstić information content (AvgIpc) is 3.18. The van der Waals surface area contributed by atoms with Crippen molar-refractivity contribution in [1.82, 2.24) is 20.5 Å². The van der Waals surface area contributed by atoms with Gasteiger partial charge in [0.1, 0.15) is 5.01 Å². The summed E-state index contributed by atoms with van der Waals surface area (Å²) in [4.78, 5) is 10.2. The molecule has 166 valence electrons. The fraction of sp³-hybridized carbons (Fsp3) is 0.474. The highest BCUT2D eigenvalue weighted by Gasteiger charge is 2.33. The molecule has 3 rings (SSSR count). The summed E-state index contributed by atoms with van der Waals surface area (Å²) >= 11 is 6.92. The molecule has 2 N–H and O–H groups in total. The lowest BCUT2D eigenvalue weighted by atomic mass is 10.0. The lowest BCUT2D eigenvalue weighted by Crippen LogP contribution is -2.48. The van der Waals surface area contributed by atoms with E-state index in [1.54, 1.807) is 7.05 Å². The predicted molar refractivity (Wildman–Crippen MR) is 126 cm³/mol. The number of hydrogen-bond acceptors (Lipinski definition) is 4. The van der Waals surface area contributed by atoms with Crippen LogP contribution in [0, 0.1) is 0 Å². The molecule has 0 amide bonds. The molecule has 1 fully saturated rings. The van der Waals surface area contributed by atoms with E-state index >= 15 is 0 Å². The number of guanidine groups is 1. The minimum Gasteiger partial charge on any atom is -0.354 e. The third-order valence-corrected chi connectivity index (χ3v) is 5.82. The molecule has 0 saturated carbocycles. The highest BCUT2D eigenvalue weighted by atomic mass is 127. The maximum atomic E-state index is 12.6. The van der Waals surface area contributed by atoms with E-state index in [9.17, 15) is 13.2 Å². The number of aliphatic imine (C=N–C) groups is 1. The van der Waals surface area contributed by atoms with Gasteiger partial charge < -0.3 is 10.6 Å². The molecular formula is C19H24ClF3IN5S. The number of nitrogens with zero attached hydrogens (tertiary/aromatic N) is 3. The molecule has 2 aromatic rings. The van der Waals surface area contributed by atoms with Gasteiger partial charge in [-0.15, -0.1) is 35.3 Å². The van der Waals surface area contributed by atoms with Gasteiger partial charge in [0.2, 0.25) is 0 Å². The van der Waals surface area contributed by atoms with Crippen molar-refractivity contribution < 1.29 is 13.2 Å². The highest BCUT2D eigenvalue weighted by Crippen LogP contribution is 2.29. The number of likely N-dealkylation sites (tertiary alicyclic amines) is 1. The number of piperidine rings is 1. The molecule has 0 spiro atoms. The minimum absolute atomic E-state index is 0. The first-order valence-corrected chi connectivity index (χ1v) is 10.5. The smallest absolute Gasteiger partial charge is 0.354 e. The Morgan fingerprint density at radius 3 is 2.50 bits per heavy atom. The number of nitrogens with one attached hydrogen (secondary N) is 2. The van der Waals surface area contributed by atoms with Gasteiger partial charge in [-0.2, -0.15) is 13.2 Å². The first-order valence-electron chi connectivity index (χ1n) is 9.29. The second-order valence-corrected chi connectivity index (χ2v) is 8.25. The van der Waals surface area contributed by atoms with E-state index in [1.165, 1.54) is 5.56 Å². The van der Waals surface area contributed by atoms with Gasteiger partial charge in [-0.3, -0.25) is 9.89 Å². The molecule has 2 heterocycles. The van der Waals surface area contributed by atoms with Crippen LogP contribution in [-0.2, 0) is 19.3 Å². The first kappa shape index (κ1) is 25.2. The SMILES string of the molecule is CN=C(NCc1nc(C(F)(F)F)cs1)NC1CCN(Cc2ccc(Cl)cc2)CC1.I. The Morgan fingerprint density at radius 1 is 1.27 bits per heavy atom. The van der Waals surface area contributed by atoms with Crippen LogP contribution in [0.2, 0.25) is 5.02 Å². The highest BCUT2D eigenvalue weighted by molar-refractivity contribution is 14.0. The summed E-state index contributed by atoms with van der Waals surface area (Å²) in [5.41, 5.74) is 0.385. The summed E-state index contributed by atoms with van der Waals surface area (Å²) in [7, 11) is 1.65. The number of aromatic nitrogens is 1. The zero-order valence-corrected chi connectivity index (χ0v) is 20.3. The maximum Gasteiger partial charge on any atom is 0.434 e. The molecule has 1 aromatic heterocycles. The monoisotopic (exact) mass is 573 g/mol. The molecule has 30 heavy (non-hydrogen) atoms. The van der Waals surface area contributed by atoms with Gasteiger partial charge in [0.25, 0.3) is 0 Å². The van der Waals surface area contributed by atoms with Gasteiger partial charge in [-0.05, 0) is 30.5 Å². The van der Waals surface area contributed by atoms with Gasteiger partial charge in [-0.1, -0.05) is 23.7 Å². The van der Waals surface area contributed by atoms with E-state index in [0.717, 1.165) is 54.2 Å². The largest absolute Gasteiger partial charge is 0.434 e. The van der Waals surface area contributed by atoms with E-state index in [-0.39, 0.29) is 36.6 Å². The molecule has 5 nitrogen and oxygen atoms in total. The van der Waals surface area contributed by atoms with E-state index in [4.69, 9.17) is 11.6 Å². The van der Waals surface area contributed by atoms with Crippen molar-refractivity contribution in [2.75, 3.05) is 20.1 Å². The van der Waals surface area contributed by atoms with Crippen LogP contribution in [0.1, 0.15) is 29.1 Å². The van der Waals surface area contributed by atoms with Crippen LogP contribution in [0.15, 0.2) is 34.6 Å². The van der Waals surface area contributed by atoms with Crippen LogP contribution in [0.5, 0.6) is 0 Å². The second-order valence-electron chi connectivity index (χ2n) is 6.87. The van der Waals surface area contributed by atoms with Gasteiger partial charge in [-0.25, -0.2) is 4.98 Å². The summed E-state index contributed by atoms with van der Waals surface area (Å²) in [6, 6.07) is 8.16. The van der Waals surface area contributed by atoms with Crippen molar-refractivity contribution in [2.45, 2.75) is 38.1 Å². The molecule has 1 aromatic carbocycles. The Labute approximate surface area is 200 Å². The molecule has 0 bridgehead atoms. The summed E-state index contributed by atoms with van der Waals surface area (Å²) < 4.78 is 37.9. The van der Waals surface area contributed by atoms with Crippen LogP contribution in [0.3, 0.4) is 0 Å². The first-order chi connectivity index (χ1) is 13.8. The average molecular weight is 574 g/mol. The number of halogens is 5. The molecule has 1 saturated heterocycles. The van der Waals surface area contributed by atoms with Crippen molar-refractivity contribution >= 4 is 52.9 Å². The molecule has 0 aliphatic carbocycles. The topological polar surface area (TPSA) is 52.6 Å². The lowest BCUT2D eigenvalue weighted by molar-refractivity contribution is -0.140. The van der Waals surface area contributed by atoms with E-state index in [2.05, 4.69) is 25.5 Å². The quantitative estimate of drug-likeness (QED) is 0.308. The van der Waals surface area contributed by atoms with Crippen LogP contribution in [-0.4, -0.2) is 42.0 Å². The normalized spacial score (nSPS) is 16.2. The van der Waals surface area contributed by atoms with Crippen LogP contribution >= 0.6 is 46.9 Å². The Kier molecular flexibility index (Phi) is 9.64. The summed E-state index contributed by atoms with van der Waals surface area (Å²) in [5.74, 6) is 0.574. The zero-order valence-electron chi connectivity index (χ0n) is 16.4. The van der Waals surface area contributed by atoms with Gasteiger partial charge in [0, 0.05) is 43.1 Å². The molecule has 1 aliphatic rings. The van der Waals surface area contributed by atoms with Gasteiger partial charge in [0.15, 0.2) is 11.7 Å². The number of alkyl halides is 3. The third kappa shape index (κ3) is 7.54. The molecule has 11 heteroatoms. The lowest BCUT2D eigenvalue weighted by Gasteiger charge is -2.33. The molecular weight excluding hydrogens is 550 g/mol. The summed E-state index contributed by atoms with van der Waals surface area (Å²) in [5, 5.41) is 8.55. The van der Waals surface area contributed by atoms with Crippen molar-refractivity contribution in [3.8, 4) is 0 Å². The molecule has 0 atom stereocenters. The van der Waals surface area contributed by atoms with Crippen molar-refractivity contribution in [2.24, 2.45) is 4.99 Å². The van der Waals surface area contributed by atoms with Crippen molar-refractivity contribution in [1.29, 1.82) is 0 Å². The van der Waals surface area contributed by atoms with Crippen molar-refractivity contribution in [3.63, 3.8) is 0 Å². The second kappa shape index (κ2) is 11.5. The standard InChI is InChI=1S/C19H23ClF3N5S.HI/c1-24-18(25-10-17-27-16(12-29-17)19(21,22)23)26-15-6-8-28(9-7-15)11-13-2-4-14(20)5-3-13;/h2-5,12,15H,6-11H2,1H3,(H2,24,25,26);1H. The Hall–Kier alpha value is -1.11. The fourth-order valence-corrected chi connectivity index (χ4v) is 4.02. The maximum absolute atomic E-state index is 12.6. The van der Waals surface area contributed by atoms with Crippen LogP contribution in [0.25, 0.3) is 0 Å². The zero-order chi connectivity index (χ0) is 20.9. The Morgan fingerprint density at radius 2 is 1.93 bits per heavy atom. The summed E-state index contributed by atoms with van der Waals surface area (Å²) in [6.45, 7) is 3.01. The Balaban J connectivity index is 0.00000320. The fourth-order valence-electron chi connectivity index (χ4n) is 3.15. The number of thiazole rings is 1. The summed E-state index contributed by atoms with van der Waals surface area (Å²) in [6.07, 6.45) is -2.48. The third-order valence-electron chi connectivity index (χ3n) is 4.72. The molecule has 0 unspecified atom stereocenters. The van der Waals surface area contributed by atoms with Crippen LogP contribution < -0.4 is 10.6 Å². The van der Waals surface area contributed by atoms with E-state index < -0.39 is 11.9 Å². The van der Waals surface area contributed by atoms with Crippen LogP contribution in [0.4, 0.5) is 13.2 Å². The minimum atomic E-state index is -4.41. The van der Waals surface area contributed by atoms with E-state index in [0.29, 0.717) is 11.0 Å².